The first-order chi connectivity index (χ1) is 9.40. The van der Waals surface area contributed by atoms with E-state index < -0.39 is 0 Å². The van der Waals surface area contributed by atoms with Gasteiger partial charge in [-0.15, -0.1) is 0 Å². The molecule has 3 fully saturated rings. The summed E-state index contributed by atoms with van der Waals surface area (Å²) >= 11 is 0. The predicted octanol–water partition coefficient (Wildman–Crippen LogP) is 4.37. The smallest absolute Gasteiger partial charge is 0.136 e. The van der Waals surface area contributed by atoms with E-state index in [4.69, 9.17) is 4.74 Å². The van der Waals surface area contributed by atoms with E-state index in [0.717, 1.165) is 38.7 Å². The Hall–Kier alpha value is -0.370. The quantitative estimate of drug-likeness (QED) is 0.712. The lowest BCUT2D eigenvalue weighted by Crippen LogP contribution is -2.48. The Kier molecular flexibility index (Phi) is 3.73. The molecule has 3 aliphatic rings. The number of ketones is 1. The summed E-state index contributed by atoms with van der Waals surface area (Å²) in [5.41, 5.74) is 0.524. The van der Waals surface area contributed by atoms with Crippen LogP contribution in [0.1, 0.15) is 72.1 Å². The zero-order valence-corrected chi connectivity index (χ0v) is 13.4. The van der Waals surface area contributed by atoms with Crippen LogP contribution < -0.4 is 0 Å². The molecule has 114 valence electrons. The van der Waals surface area contributed by atoms with Crippen molar-refractivity contribution in [2.24, 2.45) is 23.2 Å². The van der Waals surface area contributed by atoms with E-state index in [1.165, 1.54) is 19.3 Å². The molecule has 0 aromatic heterocycles. The lowest BCUT2D eigenvalue weighted by atomic mass is 9.62. The molecule has 0 aromatic rings. The summed E-state index contributed by atoms with van der Waals surface area (Å²) in [6.07, 6.45) is 9.08. The maximum Gasteiger partial charge on any atom is 0.136 e. The van der Waals surface area contributed by atoms with Crippen LogP contribution in [0.4, 0.5) is 0 Å². The number of carbonyl (C=O) groups is 1. The van der Waals surface area contributed by atoms with Gasteiger partial charge in [0.05, 0.1) is 5.60 Å². The largest absolute Gasteiger partial charge is 0.375 e. The predicted molar refractivity (Wildman–Crippen MR) is 80.6 cm³/mol. The van der Waals surface area contributed by atoms with Crippen molar-refractivity contribution >= 4 is 5.78 Å². The SMILES string of the molecule is CC(C)(C)C1CCC(=O)C(C2CCOC3(CCC3)C2)C1. The minimum absolute atomic E-state index is 0.178. The van der Waals surface area contributed by atoms with E-state index in [-0.39, 0.29) is 5.60 Å². The Morgan fingerprint density at radius 3 is 2.55 bits per heavy atom. The average Bonchev–Trinajstić information content (AvgIpc) is 2.36. The van der Waals surface area contributed by atoms with Gasteiger partial charge in [0, 0.05) is 18.9 Å². The van der Waals surface area contributed by atoms with Crippen LogP contribution in [0.15, 0.2) is 0 Å². The molecule has 2 nitrogen and oxygen atoms in total. The fourth-order valence-electron chi connectivity index (χ4n) is 4.63. The number of hydrogen-bond donors (Lipinski definition) is 0. The lowest BCUT2D eigenvalue weighted by molar-refractivity contribution is -0.158. The molecule has 0 amide bonds. The molecular weight excluding hydrogens is 248 g/mol. The molecule has 1 aliphatic heterocycles. The molecule has 3 atom stereocenters. The van der Waals surface area contributed by atoms with E-state index >= 15 is 0 Å². The number of carbonyl (C=O) groups excluding carboxylic acids is 1. The molecule has 3 rings (SSSR count). The number of ether oxygens (including phenoxy) is 1. The topological polar surface area (TPSA) is 26.3 Å². The summed E-state index contributed by atoms with van der Waals surface area (Å²) in [5, 5.41) is 0. The lowest BCUT2D eigenvalue weighted by Gasteiger charge is -2.50. The van der Waals surface area contributed by atoms with Crippen LogP contribution in [-0.2, 0) is 9.53 Å². The summed E-state index contributed by atoms with van der Waals surface area (Å²) in [6, 6.07) is 0. The number of hydrogen-bond acceptors (Lipinski definition) is 2. The fourth-order valence-corrected chi connectivity index (χ4v) is 4.63. The monoisotopic (exact) mass is 278 g/mol. The van der Waals surface area contributed by atoms with Crippen molar-refractivity contribution in [2.75, 3.05) is 6.61 Å². The fraction of sp³-hybridized carbons (Fsp3) is 0.944. The van der Waals surface area contributed by atoms with Crippen molar-refractivity contribution < 1.29 is 9.53 Å². The Bertz CT molecular complexity index is 375. The van der Waals surface area contributed by atoms with Gasteiger partial charge in [-0.1, -0.05) is 20.8 Å². The minimum Gasteiger partial charge on any atom is -0.375 e. The molecule has 2 aliphatic carbocycles. The number of Topliss-reactive ketones (excluding diaryl/α,β-unsaturated/α-hetero) is 1. The Morgan fingerprint density at radius 2 is 1.95 bits per heavy atom. The van der Waals surface area contributed by atoms with Gasteiger partial charge in [0.25, 0.3) is 0 Å². The van der Waals surface area contributed by atoms with Crippen LogP contribution in [-0.4, -0.2) is 18.0 Å². The van der Waals surface area contributed by atoms with E-state index in [9.17, 15) is 4.79 Å². The highest BCUT2D eigenvalue weighted by Gasteiger charge is 2.47. The molecule has 20 heavy (non-hydrogen) atoms. The highest BCUT2D eigenvalue weighted by molar-refractivity contribution is 5.82. The van der Waals surface area contributed by atoms with Gasteiger partial charge in [-0.05, 0) is 62.2 Å². The van der Waals surface area contributed by atoms with Crippen LogP contribution in [0.2, 0.25) is 0 Å². The summed E-state index contributed by atoms with van der Waals surface area (Å²) in [4.78, 5) is 12.4. The first-order valence-corrected chi connectivity index (χ1v) is 8.56. The maximum absolute atomic E-state index is 12.4. The van der Waals surface area contributed by atoms with Gasteiger partial charge < -0.3 is 4.74 Å². The van der Waals surface area contributed by atoms with Gasteiger partial charge in [-0.3, -0.25) is 4.79 Å². The summed E-state index contributed by atoms with van der Waals surface area (Å²) < 4.78 is 6.04. The van der Waals surface area contributed by atoms with E-state index in [0.29, 0.717) is 29.0 Å². The molecule has 0 aromatic carbocycles. The second-order valence-electron chi connectivity index (χ2n) is 8.55. The second kappa shape index (κ2) is 5.12. The second-order valence-corrected chi connectivity index (χ2v) is 8.55. The molecule has 1 saturated heterocycles. The third kappa shape index (κ3) is 2.68. The van der Waals surface area contributed by atoms with Gasteiger partial charge in [0.1, 0.15) is 5.78 Å². The normalized spacial score (nSPS) is 37.8. The van der Waals surface area contributed by atoms with Gasteiger partial charge in [-0.25, -0.2) is 0 Å². The molecule has 3 unspecified atom stereocenters. The number of rotatable bonds is 1. The van der Waals surface area contributed by atoms with Gasteiger partial charge >= 0.3 is 0 Å². The van der Waals surface area contributed by atoms with Gasteiger partial charge in [-0.2, -0.15) is 0 Å². The van der Waals surface area contributed by atoms with Crippen molar-refractivity contribution in [3.63, 3.8) is 0 Å². The molecule has 1 heterocycles. The Balaban J connectivity index is 1.69. The first-order valence-electron chi connectivity index (χ1n) is 8.56. The maximum atomic E-state index is 12.4. The summed E-state index contributed by atoms with van der Waals surface area (Å²) in [7, 11) is 0. The Morgan fingerprint density at radius 1 is 1.20 bits per heavy atom. The van der Waals surface area contributed by atoms with E-state index in [1.54, 1.807) is 0 Å². The molecule has 0 bridgehead atoms. The summed E-state index contributed by atoms with van der Waals surface area (Å²) in [6.45, 7) is 7.89. The van der Waals surface area contributed by atoms with Crippen LogP contribution in [0.3, 0.4) is 0 Å². The van der Waals surface area contributed by atoms with Crippen molar-refractivity contribution in [3.05, 3.63) is 0 Å². The van der Waals surface area contributed by atoms with Crippen molar-refractivity contribution in [1.29, 1.82) is 0 Å². The zero-order valence-electron chi connectivity index (χ0n) is 13.4. The van der Waals surface area contributed by atoms with Crippen molar-refractivity contribution in [3.8, 4) is 0 Å². The Labute approximate surface area is 123 Å². The van der Waals surface area contributed by atoms with Crippen LogP contribution in [0, 0.1) is 23.2 Å². The zero-order chi connectivity index (χ0) is 14.4. The molecular formula is C18H30O2. The first kappa shape index (κ1) is 14.6. The third-order valence-electron chi connectivity index (χ3n) is 6.28. The molecule has 0 radical (unpaired) electrons. The van der Waals surface area contributed by atoms with Crippen molar-refractivity contribution in [1.82, 2.24) is 0 Å². The summed E-state index contributed by atoms with van der Waals surface area (Å²) in [5.74, 6) is 2.19. The van der Waals surface area contributed by atoms with Crippen LogP contribution >= 0.6 is 0 Å². The average molecular weight is 278 g/mol. The van der Waals surface area contributed by atoms with Gasteiger partial charge in [0.15, 0.2) is 0 Å². The molecule has 1 spiro atoms. The molecule has 0 N–H and O–H groups in total. The highest BCUT2D eigenvalue weighted by Crippen LogP contribution is 2.49. The minimum atomic E-state index is 0.178. The van der Waals surface area contributed by atoms with E-state index in [1.807, 2.05) is 0 Å². The van der Waals surface area contributed by atoms with E-state index in [2.05, 4.69) is 20.8 Å². The third-order valence-corrected chi connectivity index (χ3v) is 6.28. The standard InChI is InChI=1S/C18H30O2/c1-17(2,3)14-5-6-16(19)15(11-14)13-7-10-20-18(12-13)8-4-9-18/h13-15H,4-12H2,1-3H3. The van der Waals surface area contributed by atoms with Crippen molar-refractivity contribution in [2.45, 2.75) is 77.7 Å². The molecule has 2 saturated carbocycles. The van der Waals surface area contributed by atoms with Crippen LogP contribution in [0.5, 0.6) is 0 Å². The van der Waals surface area contributed by atoms with Gasteiger partial charge in [0.2, 0.25) is 0 Å². The highest BCUT2D eigenvalue weighted by atomic mass is 16.5. The van der Waals surface area contributed by atoms with Crippen LogP contribution in [0.25, 0.3) is 0 Å². The molecule has 2 heteroatoms.